The molecule has 0 bridgehead atoms. The Labute approximate surface area is 140 Å². The first kappa shape index (κ1) is 14.3. The van der Waals surface area contributed by atoms with Gasteiger partial charge in [-0.1, -0.05) is 0 Å². The third-order valence-electron chi connectivity index (χ3n) is 2.68. The molecule has 20 heavy (non-hydrogen) atoms. The van der Waals surface area contributed by atoms with Crippen molar-refractivity contribution in [3.8, 4) is 0 Å². The second kappa shape index (κ2) is 6.45. The minimum absolute atomic E-state index is 0.564. The van der Waals surface area contributed by atoms with Gasteiger partial charge in [-0.2, -0.15) is 0 Å². The number of nitrogens with zero attached hydrogens (tertiary/aromatic N) is 4. The average Bonchev–Trinajstić information content (AvgIpc) is 3.18. The van der Waals surface area contributed by atoms with Crippen LogP contribution in [0.5, 0.6) is 0 Å². The number of hydrogen-bond acceptors (Lipinski definition) is 6. The molecule has 0 aliphatic carbocycles. The summed E-state index contributed by atoms with van der Waals surface area (Å²) in [4.78, 5) is 9.04. The molecule has 8 heteroatoms. The Bertz CT molecular complexity index is 638. The fraction of sp³-hybridized carbons (Fsp3) is 0.250. The molecule has 0 spiro atoms. The Morgan fingerprint density at radius 1 is 1.30 bits per heavy atom. The van der Waals surface area contributed by atoms with Crippen molar-refractivity contribution >= 4 is 60.1 Å². The van der Waals surface area contributed by atoms with Crippen molar-refractivity contribution < 1.29 is 2.85 Å². The molecule has 100 valence electrons. The molecular weight excluding hydrogens is 395 g/mol. The molecule has 3 heterocycles. The zero-order chi connectivity index (χ0) is 13.9. The van der Waals surface area contributed by atoms with E-state index in [0.717, 1.165) is 28.6 Å². The van der Waals surface area contributed by atoms with Crippen LogP contribution in [0.3, 0.4) is 0 Å². The summed E-state index contributed by atoms with van der Waals surface area (Å²) in [5.41, 5.74) is 1.06. The molecule has 2 radical (unpaired) electrons. The molecule has 1 aromatic rings. The topological polar surface area (TPSA) is 51.8 Å². The predicted molar refractivity (Wildman–Crippen MR) is 84.7 cm³/mol. The quantitative estimate of drug-likeness (QED) is 0.758. The van der Waals surface area contributed by atoms with Crippen LogP contribution in [0.2, 0.25) is 0 Å². The Morgan fingerprint density at radius 3 is 2.80 bits per heavy atom. The van der Waals surface area contributed by atoms with Crippen molar-refractivity contribution in [1.29, 1.82) is 0 Å². The summed E-state index contributed by atoms with van der Waals surface area (Å²) in [6.07, 6.45) is 3.96. The van der Waals surface area contributed by atoms with E-state index in [1.807, 2.05) is 23.1 Å². The van der Waals surface area contributed by atoms with Crippen LogP contribution in [0.1, 0.15) is 19.0 Å². The Balaban J connectivity index is 1.93. The van der Waals surface area contributed by atoms with Crippen LogP contribution in [0.15, 0.2) is 43.1 Å². The van der Waals surface area contributed by atoms with E-state index in [-0.39, 0.29) is 0 Å². The van der Waals surface area contributed by atoms with Gasteiger partial charge in [-0.15, -0.1) is 0 Å². The van der Waals surface area contributed by atoms with Gasteiger partial charge in [-0.25, -0.2) is 0 Å². The van der Waals surface area contributed by atoms with Crippen molar-refractivity contribution in [3.63, 3.8) is 0 Å². The molecular formula is C12H11InN4OS2. The zero-order valence-electron chi connectivity index (χ0n) is 10.8. The fourth-order valence-corrected chi connectivity index (χ4v) is 3.91. The standard InChI is InChI=1S/C12H12N4OS2.In/c1-2-3-8-4-5-16(15-8)10-11(17)14-9(13-10)12-18-6-7-19-12;/h4-7H,2-3H2,1H3,(H,14,17);/q;+1/p-1. The molecule has 3 rings (SSSR count). The first-order chi connectivity index (χ1) is 9.81. The van der Waals surface area contributed by atoms with Crippen molar-refractivity contribution in [2.75, 3.05) is 0 Å². The second-order valence-corrected chi connectivity index (χ2v) is 6.85. The van der Waals surface area contributed by atoms with Crippen LogP contribution in [0, 0.1) is 0 Å². The van der Waals surface area contributed by atoms with E-state index in [2.05, 4.69) is 22.0 Å². The molecule has 0 amide bonds. The van der Waals surface area contributed by atoms with Gasteiger partial charge in [-0.05, 0) is 0 Å². The third-order valence-corrected chi connectivity index (χ3v) is 5.40. The van der Waals surface area contributed by atoms with Crippen LogP contribution in [-0.4, -0.2) is 46.3 Å². The van der Waals surface area contributed by atoms with Gasteiger partial charge in [0.1, 0.15) is 0 Å². The first-order valence-electron chi connectivity index (χ1n) is 6.14. The number of rotatable bonds is 2. The zero-order valence-corrected chi connectivity index (χ0v) is 15.7. The molecule has 5 nitrogen and oxygen atoms in total. The summed E-state index contributed by atoms with van der Waals surface area (Å²) in [7, 11) is 0. The van der Waals surface area contributed by atoms with Crippen LogP contribution in [0.25, 0.3) is 0 Å². The summed E-state index contributed by atoms with van der Waals surface area (Å²) >= 11 is 3.92. The molecule has 0 aromatic carbocycles. The van der Waals surface area contributed by atoms with Gasteiger partial charge in [0.15, 0.2) is 0 Å². The summed E-state index contributed by atoms with van der Waals surface area (Å²) in [6.45, 7) is 2.14. The molecule has 0 saturated carbocycles. The summed E-state index contributed by atoms with van der Waals surface area (Å²) < 4.78 is 8.29. The van der Waals surface area contributed by atoms with Crippen molar-refractivity contribution in [2.45, 2.75) is 19.8 Å². The van der Waals surface area contributed by atoms with E-state index in [1.165, 1.54) is 0 Å². The van der Waals surface area contributed by atoms with Crippen molar-refractivity contribution in [3.05, 3.63) is 38.8 Å². The van der Waals surface area contributed by atoms with E-state index in [9.17, 15) is 0 Å². The van der Waals surface area contributed by atoms with Crippen molar-refractivity contribution in [2.24, 2.45) is 9.98 Å². The molecule has 2 aliphatic rings. The fourth-order valence-electron chi connectivity index (χ4n) is 1.82. The summed E-state index contributed by atoms with van der Waals surface area (Å²) in [5, 5.41) is 8.59. The average molecular weight is 406 g/mol. The SMILES string of the molecule is CCCc1ccn(C2=NC(=C3SC=CS3)N=C2[O][In])n1. The van der Waals surface area contributed by atoms with Crippen LogP contribution in [0.4, 0.5) is 0 Å². The van der Waals surface area contributed by atoms with Gasteiger partial charge in [0.05, 0.1) is 0 Å². The number of thioether (sulfide) groups is 2. The van der Waals surface area contributed by atoms with Crippen LogP contribution in [-0.2, 0) is 9.28 Å². The second-order valence-electron chi connectivity index (χ2n) is 4.09. The molecule has 0 atom stereocenters. The minimum atomic E-state index is 0.564. The van der Waals surface area contributed by atoms with Gasteiger partial charge in [-0.3, -0.25) is 0 Å². The molecule has 0 N–H and O–H groups in total. The normalized spacial score (nSPS) is 17.6. The molecule has 2 aliphatic heterocycles. The monoisotopic (exact) mass is 406 g/mol. The predicted octanol–water partition coefficient (Wildman–Crippen LogP) is 2.67. The van der Waals surface area contributed by atoms with Gasteiger partial charge in [0.2, 0.25) is 0 Å². The van der Waals surface area contributed by atoms with Gasteiger partial charge in [0.25, 0.3) is 0 Å². The summed E-state index contributed by atoms with van der Waals surface area (Å²) in [5.74, 6) is 1.96. The van der Waals surface area contributed by atoms with E-state index in [4.69, 9.17) is 2.85 Å². The van der Waals surface area contributed by atoms with E-state index >= 15 is 0 Å². The number of aromatic nitrogens is 2. The Kier molecular flexibility index (Phi) is 4.62. The van der Waals surface area contributed by atoms with Crippen LogP contribution < -0.4 is 0 Å². The first-order valence-corrected chi connectivity index (χ1v) is 9.24. The Morgan fingerprint density at radius 2 is 2.10 bits per heavy atom. The third kappa shape index (κ3) is 2.87. The van der Waals surface area contributed by atoms with E-state index in [0.29, 0.717) is 36.5 Å². The maximum atomic E-state index is 5.45. The maximum absolute atomic E-state index is 5.45. The van der Waals surface area contributed by atoms with Gasteiger partial charge >= 0.3 is 141 Å². The number of aryl methyl sites for hydroxylation is 1. The van der Waals surface area contributed by atoms with Gasteiger partial charge < -0.3 is 0 Å². The molecule has 0 unspecified atom stereocenters. The Hall–Kier alpha value is -0.600. The van der Waals surface area contributed by atoms with E-state index in [1.54, 1.807) is 28.2 Å². The molecule has 0 fully saturated rings. The number of hydrogen-bond donors (Lipinski definition) is 0. The molecule has 1 aromatic heterocycles. The van der Waals surface area contributed by atoms with Crippen molar-refractivity contribution in [1.82, 2.24) is 9.78 Å². The molecule has 0 saturated heterocycles. The van der Waals surface area contributed by atoms with Gasteiger partial charge in [0, 0.05) is 0 Å². The van der Waals surface area contributed by atoms with Crippen LogP contribution >= 0.6 is 23.5 Å². The number of aliphatic imine (C=N–C) groups is 2. The summed E-state index contributed by atoms with van der Waals surface area (Å²) in [6, 6.07) is 2.02. The van der Waals surface area contributed by atoms with E-state index < -0.39 is 0 Å².